The maximum atomic E-state index is 12.4. The van der Waals surface area contributed by atoms with Gasteiger partial charge in [0.15, 0.2) is 5.82 Å². The molecule has 8 nitrogen and oxygen atoms in total. The number of carbonyl (C=O) groups is 1. The number of aryl methyl sites for hydroxylation is 3. The number of carbonyl (C=O) groups excluding carboxylic acids is 1. The van der Waals surface area contributed by atoms with Gasteiger partial charge in [0.05, 0.1) is 5.69 Å². The van der Waals surface area contributed by atoms with Gasteiger partial charge in [-0.1, -0.05) is 0 Å². The molecule has 3 aromatic rings. The second-order valence-electron chi connectivity index (χ2n) is 7.37. The number of anilines is 1. The molecule has 1 N–H and O–H groups in total. The molecule has 0 radical (unpaired) electrons. The number of aromatic nitrogens is 5. The van der Waals surface area contributed by atoms with Crippen LogP contribution in [0, 0.1) is 13.8 Å². The van der Waals surface area contributed by atoms with E-state index in [2.05, 4.69) is 38.3 Å². The Bertz CT molecular complexity index is 1030. The van der Waals surface area contributed by atoms with Crippen LogP contribution in [0.3, 0.4) is 0 Å². The molecule has 0 atom stereocenters. The summed E-state index contributed by atoms with van der Waals surface area (Å²) in [6.45, 7) is 6.33. The van der Waals surface area contributed by atoms with Crippen LogP contribution in [0.4, 0.5) is 5.82 Å². The first-order chi connectivity index (χ1) is 14.0. The lowest BCUT2D eigenvalue weighted by molar-refractivity contribution is 0.0940. The number of rotatable bonds is 6. The van der Waals surface area contributed by atoms with E-state index >= 15 is 0 Å². The summed E-state index contributed by atoms with van der Waals surface area (Å²) < 4.78 is 2.03. The summed E-state index contributed by atoms with van der Waals surface area (Å²) in [4.78, 5) is 28.1. The molecule has 0 bridgehead atoms. The van der Waals surface area contributed by atoms with Crippen LogP contribution in [-0.2, 0) is 13.0 Å². The molecule has 0 saturated carbocycles. The van der Waals surface area contributed by atoms with Crippen molar-refractivity contribution in [2.24, 2.45) is 0 Å². The van der Waals surface area contributed by atoms with Crippen molar-refractivity contribution < 1.29 is 4.79 Å². The first-order valence-electron chi connectivity index (χ1n) is 9.84. The van der Waals surface area contributed by atoms with Crippen LogP contribution >= 0.6 is 0 Å². The molecule has 1 amide bonds. The first-order valence-corrected chi connectivity index (χ1v) is 9.84. The van der Waals surface area contributed by atoms with Crippen molar-refractivity contribution in [2.75, 3.05) is 25.0 Å². The van der Waals surface area contributed by atoms with Crippen molar-refractivity contribution >= 4 is 11.7 Å². The predicted molar refractivity (Wildman–Crippen MR) is 111 cm³/mol. The molecule has 0 spiro atoms. The average Bonchev–Trinajstić information content (AvgIpc) is 3.05. The fourth-order valence-electron chi connectivity index (χ4n) is 3.68. The number of nitrogens with one attached hydrogen (secondary N) is 1. The molecule has 8 heteroatoms. The van der Waals surface area contributed by atoms with Crippen LogP contribution in [0.2, 0.25) is 0 Å². The molecular weight excluding hydrogens is 366 g/mol. The molecule has 4 rings (SSSR count). The zero-order valence-corrected chi connectivity index (χ0v) is 17.0. The fraction of sp³-hybridized carbons (Fsp3) is 0.381. The standard InChI is InChI=1S/C21H25N7O/c1-14-12-15(2)28(26-14)11-5-10-27(3)20-17-7-9-23-21(29)18(17)24-19(25-20)16-6-4-8-22-13-16/h4,6,8,12-13H,5,7,9-11H2,1-3H3,(H,23,29). The van der Waals surface area contributed by atoms with Crippen molar-refractivity contribution in [3.63, 3.8) is 0 Å². The third-order valence-corrected chi connectivity index (χ3v) is 5.11. The quantitative estimate of drug-likeness (QED) is 0.693. The Morgan fingerprint density at radius 3 is 2.86 bits per heavy atom. The number of fused-ring (bicyclic) bond motifs is 1. The SMILES string of the molecule is Cc1cc(C)n(CCCN(C)c2nc(-c3cccnc3)nc3c2CCNC3=O)n1. The summed E-state index contributed by atoms with van der Waals surface area (Å²) >= 11 is 0. The van der Waals surface area contributed by atoms with E-state index < -0.39 is 0 Å². The Labute approximate surface area is 170 Å². The van der Waals surface area contributed by atoms with Crippen molar-refractivity contribution in [1.82, 2.24) is 30.0 Å². The highest BCUT2D eigenvalue weighted by molar-refractivity contribution is 5.96. The molecule has 29 heavy (non-hydrogen) atoms. The lowest BCUT2D eigenvalue weighted by Gasteiger charge is -2.25. The third kappa shape index (κ3) is 3.96. The van der Waals surface area contributed by atoms with Crippen LogP contribution in [0.1, 0.15) is 33.9 Å². The molecule has 0 unspecified atom stereocenters. The van der Waals surface area contributed by atoms with Gasteiger partial charge in [-0.25, -0.2) is 9.97 Å². The summed E-state index contributed by atoms with van der Waals surface area (Å²) in [6, 6.07) is 5.83. The van der Waals surface area contributed by atoms with Crippen molar-refractivity contribution in [3.05, 3.63) is 53.2 Å². The Kier molecular flexibility index (Phi) is 5.24. The van der Waals surface area contributed by atoms with Gasteiger partial charge in [-0.05, 0) is 44.9 Å². The summed E-state index contributed by atoms with van der Waals surface area (Å²) in [5.41, 5.74) is 4.37. The van der Waals surface area contributed by atoms with Gasteiger partial charge >= 0.3 is 0 Å². The third-order valence-electron chi connectivity index (χ3n) is 5.11. The molecule has 1 aliphatic rings. The van der Waals surface area contributed by atoms with Gasteiger partial charge in [0.2, 0.25) is 0 Å². The fourth-order valence-corrected chi connectivity index (χ4v) is 3.68. The van der Waals surface area contributed by atoms with Crippen molar-refractivity contribution in [1.29, 1.82) is 0 Å². The molecule has 0 aliphatic carbocycles. The Morgan fingerprint density at radius 1 is 1.28 bits per heavy atom. The Balaban J connectivity index is 1.60. The normalized spacial score (nSPS) is 13.1. The van der Waals surface area contributed by atoms with Crippen LogP contribution in [0.25, 0.3) is 11.4 Å². The minimum atomic E-state index is -0.143. The lowest BCUT2D eigenvalue weighted by Crippen LogP contribution is -2.35. The maximum Gasteiger partial charge on any atom is 0.270 e. The predicted octanol–water partition coefficient (Wildman–Crippen LogP) is 2.16. The van der Waals surface area contributed by atoms with Gasteiger partial charge in [-0.15, -0.1) is 0 Å². The number of nitrogens with zero attached hydrogens (tertiary/aromatic N) is 6. The van der Waals surface area contributed by atoms with Crippen LogP contribution < -0.4 is 10.2 Å². The summed E-state index contributed by atoms with van der Waals surface area (Å²) in [5, 5.41) is 7.41. The monoisotopic (exact) mass is 391 g/mol. The van der Waals surface area contributed by atoms with Gasteiger partial charge in [0, 0.05) is 55.9 Å². The maximum absolute atomic E-state index is 12.4. The van der Waals surface area contributed by atoms with Gasteiger partial charge in [0.1, 0.15) is 11.5 Å². The second-order valence-corrected chi connectivity index (χ2v) is 7.37. The van der Waals surface area contributed by atoms with Crippen LogP contribution in [0.5, 0.6) is 0 Å². The minimum absolute atomic E-state index is 0.143. The van der Waals surface area contributed by atoms with E-state index in [0.717, 1.165) is 48.6 Å². The molecular formula is C21H25N7O. The Hall–Kier alpha value is -3.29. The van der Waals surface area contributed by atoms with Crippen molar-refractivity contribution in [2.45, 2.75) is 33.2 Å². The van der Waals surface area contributed by atoms with Gasteiger partial charge in [-0.3, -0.25) is 14.5 Å². The van der Waals surface area contributed by atoms with E-state index in [1.54, 1.807) is 12.4 Å². The summed E-state index contributed by atoms with van der Waals surface area (Å²) in [7, 11) is 2.02. The van der Waals surface area contributed by atoms with E-state index in [1.165, 1.54) is 5.69 Å². The highest BCUT2D eigenvalue weighted by Gasteiger charge is 2.25. The topological polar surface area (TPSA) is 88.8 Å². The van der Waals surface area contributed by atoms with E-state index in [9.17, 15) is 4.79 Å². The molecule has 0 saturated heterocycles. The molecule has 0 aromatic carbocycles. The van der Waals surface area contributed by atoms with Gasteiger partial charge < -0.3 is 10.2 Å². The second kappa shape index (κ2) is 7.98. The number of hydrogen-bond donors (Lipinski definition) is 1. The van der Waals surface area contributed by atoms with Crippen LogP contribution in [-0.4, -0.2) is 50.8 Å². The molecule has 0 fully saturated rings. The summed E-state index contributed by atoms with van der Waals surface area (Å²) in [6.07, 6.45) is 5.08. The van der Waals surface area contributed by atoms with E-state index in [-0.39, 0.29) is 5.91 Å². The lowest BCUT2D eigenvalue weighted by atomic mass is 10.1. The average molecular weight is 391 g/mol. The molecule has 4 heterocycles. The zero-order valence-electron chi connectivity index (χ0n) is 17.0. The zero-order chi connectivity index (χ0) is 20.4. The van der Waals surface area contributed by atoms with E-state index in [1.807, 2.05) is 30.8 Å². The van der Waals surface area contributed by atoms with Crippen molar-refractivity contribution in [3.8, 4) is 11.4 Å². The Morgan fingerprint density at radius 2 is 2.14 bits per heavy atom. The van der Waals surface area contributed by atoms with Crippen LogP contribution in [0.15, 0.2) is 30.6 Å². The minimum Gasteiger partial charge on any atom is -0.359 e. The number of amides is 1. The van der Waals surface area contributed by atoms with E-state index in [0.29, 0.717) is 18.1 Å². The summed E-state index contributed by atoms with van der Waals surface area (Å²) in [5.74, 6) is 1.20. The molecule has 150 valence electrons. The molecule has 3 aromatic heterocycles. The highest BCUT2D eigenvalue weighted by atomic mass is 16.1. The smallest absolute Gasteiger partial charge is 0.270 e. The number of hydrogen-bond acceptors (Lipinski definition) is 6. The molecule has 1 aliphatic heterocycles. The van der Waals surface area contributed by atoms with E-state index in [4.69, 9.17) is 4.98 Å². The number of pyridine rings is 1. The van der Waals surface area contributed by atoms with Gasteiger partial charge in [0.25, 0.3) is 5.91 Å². The largest absolute Gasteiger partial charge is 0.359 e. The first kappa shape index (κ1) is 19.0. The highest BCUT2D eigenvalue weighted by Crippen LogP contribution is 2.26. The van der Waals surface area contributed by atoms with Gasteiger partial charge in [-0.2, -0.15) is 5.10 Å².